The van der Waals surface area contributed by atoms with Gasteiger partial charge < -0.3 is 20.5 Å². The van der Waals surface area contributed by atoms with Crippen LogP contribution in [0.1, 0.15) is 68.3 Å². The lowest BCUT2D eigenvalue weighted by Crippen LogP contribution is -2.55. The molecule has 0 radical (unpaired) electrons. The van der Waals surface area contributed by atoms with Crippen molar-refractivity contribution >= 4 is 31.2 Å². The molecule has 0 heterocycles. The Labute approximate surface area is 240 Å². The summed E-state index contributed by atoms with van der Waals surface area (Å²) in [5.74, 6) is -1.26. The van der Waals surface area contributed by atoms with E-state index in [0.29, 0.717) is 17.7 Å². The van der Waals surface area contributed by atoms with Crippen molar-refractivity contribution in [3.63, 3.8) is 0 Å². The van der Waals surface area contributed by atoms with Crippen molar-refractivity contribution in [2.24, 2.45) is 5.92 Å². The van der Waals surface area contributed by atoms with E-state index in [0.717, 1.165) is 32.1 Å². The fourth-order valence-corrected chi connectivity index (χ4v) is 5.12. The molecule has 12 heteroatoms. The average Bonchev–Trinajstić information content (AvgIpc) is 2.92. The lowest BCUT2D eigenvalue weighted by Gasteiger charge is -2.28. The number of benzene rings is 2. The molecule has 41 heavy (non-hydrogen) atoms. The first kappa shape index (κ1) is 31.8. The summed E-state index contributed by atoms with van der Waals surface area (Å²) in [7, 11) is -4.73. The molecule has 0 spiro atoms. The van der Waals surface area contributed by atoms with Crippen LogP contribution in [-0.2, 0) is 20.6 Å². The third-order valence-corrected chi connectivity index (χ3v) is 7.21. The predicted octanol–water partition coefficient (Wildman–Crippen LogP) is 4.03. The molecule has 3 rings (SSSR count). The van der Waals surface area contributed by atoms with Crippen molar-refractivity contribution in [1.29, 1.82) is 0 Å². The van der Waals surface area contributed by atoms with Gasteiger partial charge in [0, 0.05) is 18.0 Å². The van der Waals surface area contributed by atoms with Crippen molar-refractivity contribution in [2.75, 3.05) is 0 Å². The highest BCUT2D eigenvalue weighted by Gasteiger charge is 2.29. The van der Waals surface area contributed by atoms with E-state index < -0.39 is 31.7 Å². The summed E-state index contributed by atoms with van der Waals surface area (Å²) in [6.45, 7) is 11.0. The summed E-state index contributed by atoms with van der Waals surface area (Å²) in [5.41, 5.74) is 1.21. The van der Waals surface area contributed by atoms with Crippen molar-refractivity contribution < 1.29 is 33.3 Å². The lowest BCUT2D eigenvalue weighted by molar-refractivity contribution is -0.130. The molecule has 5 N–H and O–H groups in total. The van der Waals surface area contributed by atoms with Gasteiger partial charge in [-0.3, -0.25) is 24.2 Å². The van der Waals surface area contributed by atoms with Gasteiger partial charge in [-0.2, -0.15) is 0 Å². The van der Waals surface area contributed by atoms with Crippen molar-refractivity contribution in [3.05, 3.63) is 71.1 Å². The van der Waals surface area contributed by atoms with Gasteiger partial charge in [-0.1, -0.05) is 69.5 Å². The standard InChI is InChI=1S/C29H37N4O7P/c1-19(2)17-25(28(35)31-23-7-5-4-6-8-23)33-29(36)26(32-27(34)21-11-13-22(30-3)14-12-21)18-20-9-15-24(16-10-20)40-41(37,38)39/h9-16,19,23,25-26H,4-8,17-18H2,1-2H3,(H,31,35)(H,32,34)(H,33,36)(H2,37,38,39). The molecule has 2 aromatic carbocycles. The maximum Gasteiger partial charge on any atom is 0.524 e. The molecule has 0 aromatic heterocycles. The Kier molecular flexibility index (Phi) is 11.5. The zero-order chi connectivity index (χ0) is 30.0. The summed E-state index contributed by atoms with van der Waals surface area (Å²) >= 11 is 0. The monoisotopic (exact) mass is 584 g/mol. The normalized spacial score (nSPS) is 15.3. The van der Waals surface area contributed by atoms with Gasteiger partial charge in [0.25, 0.3) is 5.91 Å². The van der Waals surface area contributed by atoms with Crippen LogP contribution in [0, 0.1) is 12.5 Å². The first-order chi connectivity index (χ1) is 19.4. The maximum atomic E-state index is 13.6. The molecule has 0 aliphatic heterocycles. The Balaban J connectivity index is 1.80. The number of hydrogen-bond donors (Lipinski definition) is 5. The summed E-state index contributed by atoms with van der Waals surface area (Å²) in [4.78, 5) is 61.2. The van der Waals surface area contributed by atoms with Crippen LogP contribution in [0.15, 0.2) is 48.5 Å². The Morgan fingerprint density at radius 2 is 1.59 bits per heavy atom. The minimum Gasteiger partial charge on any atom is -0.404 e. The first-order valence-electron chi connectivity index (χ1n) is 13.7. The Hall–Kier alpha value is -3.71. The summed E-state index contributed by atoms with van der Waals surface area (Å²) in [6, 6.07) is 9.97. The number of phosphoric ester groups is 1. The van der Waals surface area contributed by atoms with E-state index in [4.69, 9.17) is 16.4 Å². The largest absolute Gasteiger partial charge is 0.524 e. The van der Waals surface area contributed by atoms with E-state index in [9.17, 15) is 18.9 Å². The van der Waals surface area contributed by atoms with Gasteiger partial charge in [0.2, 0.25) is 11.8 Å². The zero-order valence-corrected chi connectivity index (χ0v) is 24.1. The van der Waals surface area contributed by atoms with E-state index in [1.54, 1.807) is 0 Å². The molecule has 0 saturated heterocycles. The Morgan fingerprint density at radius 3 is 2.15 bits per heavy atom. The van der Waals surface area contributed by atoms with Gasteiger partial charge in [0.15, 0.2) is 5.69 Å². The first-order valence-corrected chi connectivity index (χ1v) is 15.2. The molecular formula is C29H37N4O7P. The Bertz CT molecular complexity index is 1280. The number of rotatable bonds is 12. The molecule has 2 atom stereocenters. The molecule has 220 valence electrons. The zero-order valence-electron chi connectivity index (χ0n) is 23.2. The van der Waals surface area contributed by atoms with Gasteiger partial charge in [-0.05, 0) is 42.9 Å². The van der Waals surface area contributed by atoms with Gasteiger partial charge in [0.05, 0.1) is 6.57 Å². The van der Waals surface area contributed by atoms with Gasteiger partial charge >= 0.3 is 7.82 Å². The quantitative estimate of drug-likeness (QED) is 0.186. The van der Waals surface area contributed by atoms with Crippen LogP contribution in [0.4, 0.5) is 5.69 Å². The fraction of sp³-hybridized carbons (Fsp3) is 0.448. The van der Waals surface area contributed by atoms with Gasteiger partial charge in [-0.15, -0.1) is 0 Å². The number of nitrogens with one attached hydrogen (secondary N) is 3. The smallest absolute Gasteiger partial charge is 0.404 e. The minimum absolute atomic E-state index is 0.0343. The topological polar surface area (TPSA) is 158 Å². The molecular weight excluding hydrogens is 547 g/mol. The van der Waals surface area contributed by atoms with Crippen molar-refractivity contribution in [2.45, 2.75) is 76.9 Å². The molecule has 2 aromatic rings. The highest BCUT2D eigenvalue weighted by Crippen LogP contribution is 2.37. The number of amides is 3. The van der Waals surface area contributed by atoms with Crippen LogP contribution < -0.4 is 20.5 Å². The summed E-state index contributed by atoms with van der Waals surface area (Å²) in [6.07, 6.45) is 5.50. The minimum atomic E-state index is -4.73. The molecule has 1 aliphatic rings. The van der Waals surface area contributed by atoms with E-state index >= 15 is 0 Å². The molecule has 2 unspecified atom stereocenters. The van der Waals surface area contributed by atoms with Gasteiger partial charge in [0.1, 0.15) is 17.8 Å². The van der Waals surface area contributed by atoms with E-state index in [2.05, 4.69) is 25.3 Å². The SMILES string of the molecule is [C-]#[N+]c1ccc(C(=O)NC(Cc2ccc(OP(=O)(O)O)cc2)C(=O)NC(CC(C)C)C(=O)NC2CCCCC2)cc1. The van der Waals surface area contributed by atoms with Crippen LogP contribution in [0.25, 0.3) is 4.85 Å². The van der Waals surface area contributed by atoms with Gasteiger partial charge in [-0.25, -0.2) is 9.41 Å². The van der Waals surface area contributed by atoms with Crippen LogP contribution in [0.3, 0.4) is 0 Å². The van der Waals surface area contributed by atoms with E-state index in [1.807, 2.05) is 13.8 Å². The second kappa shape index (κ2) is 14.8. The third kappa shape index (κ3) is 10.7. The van der Waals surface area contributed by atoms with E-state index in [1.165, 1.54) is 48.5 Å². The van der Waals surface area contributed by atoms with Crippen molar-refractivity contribution in [3.8, 4) is 5.75 Å². The second-order valence-corrected chi connectivity index (χ2v) is 11.8. The van der Waals surface area contributed by atoms with Crippen LogP contribution in [0.2, 0.25) is 0 Å². The fourth-order valence-electron chi connectivity index (χ4n) is 4.72. The Morgan fingerprint density at radius 1 is 0.951 bits per heavy atom. The third-order valence-electron chi connectivity index (χ3n) is 6.76. The van der Waals surface area contributed by atoms with E-state index in [-0.39, 0.29) is 35.6 Å². The number of carbonyl (C=O) groups excluding carboxylic acids is 3. The average molecular weight is 585 g/mol. The molecule has 0 bridgehead atoms. The highest BCUT2D eigenvalue weighted by molar-refractivity contribution is 7.46. The highest BCUT2D eigenvalue weighted by atomic mass is 31.2. The number of carbonyl (C=O) groups is 3. The number of phosphoric acid groups is 1. The molecule has 11 nitrogen and oxygen atoms in total. The molecule has 1 saturated carbocycles. The lowest BCUT2D eigenvalue weighted by atomic mass is 9.94. The number of nitrogens with zero attached hydrogens (tertiary/aromatic N) is 1. The molecule has 1 aliphatic carbocycles. The number of hydrogen-bond acceptors (Lipinski definition) is 5. The van der Waals surface area contributed by atoms with Crippen LogP contribution >= 0.6 is 7.82 Å². The summed E-state index contributed by atoms with van der Waals surface area (Å²) in [5, 5.41) is 8.66. The maximum absolute atomic E-state index is 13.6. The predicted molar refractivity (Wildman–Crippen MR) is 153 cm³/mol. The molecule has 3 amide bonds. The van der Waals surface area contributed by atoms with Crippen LogP contribution in [-0.4, -0.2) is 45.6 Å². The second-order valence-electron chi connectivity index (χ2n) is 10.6. The summed E-state index contributed by atoms with van der Waals surface area (Å²) < 4.78 is 15.7. The van der Waals surface area contributed by atoms with Crippen LogP contribution in [0.5, 0.6) is 5.75 Å². The van der Waals surface area contributed by atoms with Crippen molar-refractivity contribution in [1.82, 2.24) is 16.0 Å². The molecule has 1 fully saturated rings.